The molecule has 0 saturated heterocycles. The van der Waals surface area contributed by atoms with E-state index in [9.17, 15) is 9.18 Å². The molecule has 0 fully saturated rings. The second-order valence-electron chi connectivity index (χ2n) is 2.32. The van der Waals surface area contributed by atoms with Gasteiger partial charge < -0.3 is 10.6 Å². The first-order chi connectivity index (χ1) is 6.19. The van der Waals surface area contributed by atoms with Gasteiger partial charge in [0.05, 0.1) is 5.69 Å². The van der Waals surface area contributed by atoms with Gasteiger partial charge in [0.25, 0.3) is 0 Å². The maximum Gasteiger partial charge on any atom is 0.211 e. The molecule has 0 radical (unpaired) electrons. The van der Waals surface area contributed by atoms with E-state index in [0.29, 0.717) is 16.6 Å². The van der Waals surface area contributed by atoms with Gasteiger partial charge in [-0.25, -0.2) is 4.39 Å². The van der Waals surface area contributed by atoms with Crippen molar-refractivity contribution in [3.8, 4) is 0 Å². The van der Waals surface area contributed by atoms with E-state index in [2.05, 4.69) is 26.6 Å². The molecule has 0 aromatic heterocycles. The van der Waals surface area contributed by atoms with Gasteiger partial charge in [-0.15, -0.1) is 0 Å². The number of carbonyl (C=O) groups excluding carboxylic acids is 1. The fraction of sp³-hybridized carbons (Fsp3) is 0.125. The molecule has 70 valence electrons. The maximum absolute atomic E-state index is 13.2. The van der Waals surface area contributed by atoms with Crippen LogP contribution in [0.5, 0.6) is 0 Å². The second-order valence-corrected chi connectivity index (χ2v) is 3.24. The number of benzene rings is 1. The third-order valence-electron chi connectivity index (χ3n) is 1.53. The SMILES string of the molecule is CNc1cc(Br)cc(F)c1NC=O. The molecule has 13 heavy (non-hydrogen) atoms. The van der Waals surface area contributed by atoms with Gasteiger partial charge >= 0.3 is 0 Å². The number of anilines is 2. The Morgan fingerprint density at radius 1 is 1.54 bits per heavy atom. The highest BCUT2D eigenvalue weighted by molar-refractivity contribution is 9.10. The number of halogens is 2. The van der Waals surface area contributed by atoms with Crippen LogP contribution in [0.4, 0.5) is 15.8 Å². The lowest BCUT2D eigenvalue weighted by atomic mass is 10.2. The van der Waals surface area contributed by atoms with Gasteiger partial charge in [0.15, 0.2) is 0 Å². The summed E-state index contributed by atoms with van der Waals surface area (Å²) in [6, 6.07) is 2.96. The van der Waals surface area contributed by atoms with Crippen LogP contribution in [0.3, 0.4) is 0 Å². The second kappa shape index (κ2) is 4.23. The van der Waals surface area contributed by atoms with Crippen LogP contribution >= 0.6 is 15.9 Å². The molecule has 0 spiro atoms. The molecular formula is C8H8BrFN2O. The number of hydrogen-bond donors (Lipinski definition) is 2. The zero-order valence-corrected chi connectivity index (χ0v) is 8.48. The molecule has 0 atom stereocenters. The highest BCUT2D eigenvalue weighted by Crippen LogP contribution is 2.28. The van der Waals surface area contributed by atoms with E-state index < -0.39 is 5.82 Å². The first kappa shape index (κ1) is 9.98. The van der Waals surface area contributed by atoms with E-state index in [4.69, 9.17) is 0 Å². The molecule has 0 aliphatic carbocycles. The molecule has 3 nitrogen and oxygen atoms in total. The zero-order chi connectivity index (χ0) is 9.84. The normalized spacial score (nSPS) is 9.46. The lowest BCUT2D eigenvalue weighted by Gasteiger charge is -2.09. The van der Waals surface area contributed by atoms with Crippen LogP contribution < -0.4 is 10.6 Å². The van der Waals surface area contributed by atoms with Crippen molar-refractivity contribution < 1.29 is 9.18 Å². The predicted molar refractivity (Wildman–Crippen MR) is 53.3 cm³/mol. The van der Waals surface area contributed by atoms with Gasteiger partial charge in [-0.1, -0.05) is 15.9 Å². The predicted octanol–water partition coefficient (Wildman–Crippen LogP) is 2.20. The largest absolute Gasteiger partial charge is 0.386 e. The monoisotopic (exact) mass is 246 g/mol. The average Bonchev–Trinajstić information content (AvgIpc) is 2.09. The standard InChI is InChI=1S/C8H8BrFN2O/c1-11-7-3-5(9)2-6(10)8(7)12-4-13/h2-4,11H,1H3,(H,12,13). The topological polar surface area (TPSA) is 41.1 Å². The quantitative estimate of drug-likeness (QED) is 0.804. The van der Waals surface area contributed by atoms with Crippen LogP contribution in [0.2, 0.25) is 0 Å². The van der Waals surface area contributed by atoms with Crippen LogP contribution in [0.25, 0.3) is 0 Å². The van der Waals surface area contributed by atoms with Crippen molar-refractivity contribution in [3.63, 3.8) is 0 Å². The van der Waals surface area contributed by atoms with Gasteiger partial charge in [-0.3, -0.25) is 4.79 Å². The number of hydrogen-bond acceptors (Lipinski definition) is 2. The molecular weight excluding hydrogens is 239 g/mol. The van der Waals surface area contributed by atoms with Gasteiger partial charge in [-0.2, -0.15) is 0 Å². The number of carbonyl (C=O) groups is 1. The lowest BCUT2D eigenvalue weighted by Crippen LogP contribution is -2.02. The molecule has 5 heteroatoms. The van der Waals surface area contributed by atoms with E-state index in [1.165, 1.54) is 6.07 Å². The van der Waals surface area contributed by atoms with Gasteiger partial charge in [0, 0.05) is 11.5 Å². The third kappa shape index (κ3) is 2.18. The van der Waals surface area contributed by atoms with E-state index in [-0.39, 0.29) is 5.69 Å². The molecule has 1 aromatic rings. The summed E-state index contributed by atoms with van der Waals surface area (Å²) < 4.78 is 13.8. The summed E-state index contributed by atoms with van der Waals surface area (Å²) in [6.07, 6.45) is 0.438. The van der Waals surface area contributed by atoms with Crippen LogP contribution in [-0.2, 0) is 4.79 Å². The Morgan fingerprint density at radius 3 is 2.77 bits per heavy atom. The van der Waals surface area contributed by atoms with Crippen molar-refractivity contribution in [2.24, 2.45) is 0 Å². The summed E-state index contributed by atoms with van der Waals surface area (Å²) in [5.74, 6) is -0.481. The Kier molecular flexibility index (Phi) is 3.25. The highest BCUT2D eigenvalue weighted by atomic mass is 79.9. The van der Waals surface area contributed by atoms with E-state index in [1.807, 2.05) is 0 Å². The summed E-state index contributed by atoms with van der Waals surface area (Å²) in [4.78, 5) is 10.2. The Bertz CT molecular complexity index is 330. The summed E-state index contributed by atoms with van der Waals surface area (Å²) in [5, 5.41) is 5.05. The van der Waals surface area contributed by atoms with Gasteiger partial charge in [0.2, 0.25) is 6.41 Å². The van der Waals surface area contributed by atoms with Crippen molar-refractivity contribution in [2.45, 2.75) is 0 Å². The van der Waals surface area contributed by atoms with E-state index in [1.54, 1.807) is 13.1 Å². The molecule has 0 aliphatic rings. The molecule has 0 saturated carbocycles. The molecule has 1 rings (SSSR count). The van der Waals surface area contributed by atoms with Gasteiger partial charge in [0.1, 0.15) is 11.5 Å². The summed E-state index contributed by atoms with van der Waals surface area (Å²) in [7, 11) is 1.65. The fourth-order valence-electron chi connectivity index (χ4n) is 0.976. The smallest absolute Gasteiger partial charge is 0.211 e. The van der Waals surface area contributed by atoms with Crippen molar-refractivity contribution in [1.82, 2.24) is 0 Å². The highest BCUT2D eigenvalue weighted by Gasteiger charge is 2.07. The van der Waals surface area contributed by atoms with E-state index >= 15 is 0 Å². The van der Waals surface area contributed by atoms with Gasteiger partial charge in [-0.05, 0) is 12.1 Å². The van der Waals surface area contributed by atoms with E-state index in [0.717, 1.165) is 0 Å². The molecule has 0 heterocycles. The summed E-state index contributed by atoms with van der Waals surface area (Å²) in [5.41, 5.74) is 0.680. The Balaban J connectivity index is 3.20. The minimum atomic E-state index is -0.481. The molecule has 0 bridgehead atoms. The minimum Gasteiger partial charge on any atom is -0.386 e. The maximum atomic E-state index is 13.2. The number of rotatable bonds is 3. The third-order valence-corrected chi connectivity index (χ3v) is 1.99. The summed E-state index contributed by atoms with van der Waals surface area (Å²) >= 11 is 3.14. The summed E-state index contributed by atoms with van der Waals surface area (Å²) in [6.45, 7) is 0. The zero-order valence-electron chi connectivity index (χ0n) is 6.90. The Labute approximate surface area is 83.5 Å². The van der Waals surface area contributed by atoms with Crippen LogP contribution in [0.1, 0.15) is 0 Å². The minimum absolute atomic E-state index is 0.153. The van der Waals surface area contributed by atoms with Crippen LogP contribution in [0, 0.1) is 5.82 Å². The molecule has 0 unspecified atom stereocenters. The Hall–Kier alpha value is -1.10. The number of nitrogens with one attached hydrogen (secondary N) is 2. The average molecular weight is 247 g/mol. The fourth-order valence-corrected chi connectivity index (χ4v) is 1.41. The van der Waals surface area contributed by atoms with Crippen LogP contribution in [-0.4, -0.2) is 13.5 Å². The van der Waals surface area contributed by atoms with Crippen LogP contribution in [0.15, 0.2) is 16.6 Å². The lowest BCUT2D eigenvalue weighted by molar-refractivity contribution is -0.105. The molecule has 0 aliphatic heterocycles. The van der Waals surface area contributed by atoms with Crippen molar-refractivity contribution in [3.05, 3.63) is 22.4 Å². The Morgan fingerprint density at radius 2 is 2.23 bits per heavy atom. The molecule has 1 aromatic carbocycles. The molecule has 2 N–H and O–H groups in total. The van der Waals surface area contributed by atoms with Crippen molar-refractivity contribution in [2.75, 3.05) is 17.7 Å². The van der Waals surface area contributed by atoms with Crippen molar-refractivity contribution in [1.29, 1.82) is 0 Å². The first-order valence-corrected chi connectivity index (χ1v) is 4.35. The first-order valence-electron chi connectivity index (χ1n) is 3.56. The van der Waals surface area contributed by atoms with Crippen molar-refractivity contribution >= 4 is 33.7 Å². The molecule has 1 amide bonds. The number of amides is 1.